The number of rotatable bonds is 6. The number of methoxy groups -OCH3 is 2. The molecule has 2 rings (SSSR count). The van der Waals surface area contributed by atoms with Crippen molar-refractivity contribution in [2.45, 2.75) is 5.16 Å². The monoisotopic (exact) mass is 318 g/mol. The maximum absolute atomic E-state index is 11.4. The Morgan fingerprint density at radius 2 is 1.73 bits per heavy atom. The third kappa shape index (κ3) is 4.23. The van der Waals surface area contributed by atoms with Crippen molar-refractivity contribution < 1.29 is 19.4 Å². The standard InChI is InChI=1S/C15H14N2O4S/c1-20-12-9-13(21-2)17-15(16-12)22-11(14(18)19)8-10-6-4-3-5-7-10/h3-9H,1-2H3,(H,18,19)/b11-8+. The normalized spacial score (nSPS) is 11.1. The van der Waals surface area contributed by atoms with Gasteiger partial charge in [-0.05, 0) is 23.4 Å². The van der Waals surface area contributed by atoms with Gasteiger partial charge in [0.1, 0.15) is 4.91 Å². The first-order chi connectivity index (χ1) is 10.6. The summed E-state index contributed by atoms with van der Waals surface area (Å²) in [5, 5.41) is 9.58. The summed E-state index contributed by atoms with van der Waals surface area (Å²) in [5.74, 6) is -0.447. The molecule has 0 spiro atoms. The van der Waals surface area contributed by atoms with Gasteiger partial charge in [-0.1, -0.05) is 30.3 Å². The fourth-order valence-electron chi connectivity index (χ4n) is 1.57. The van der Waals surface area contributed by atoms with Crippen LogP contribution in [0.15, 0.2) is 46.5 Å². The van der Waals surface area contributed by atoms with E-state index >= 15 is 0 Å². The number of thioether (sulfide) groups is 1. The molecule has 0 aliphatic carbocycles. The summed E-state index contributed by atoms with van der Waals surface area (Å²) in [7, 11) is 2.93. The summed E-state index contributed by atoms with van der Waals surface area (Å²) in [6.07, 6.45) is 1.56. The second kappa shape index (κ2) is 7.46. The molecule has 6 nitrogen and oxygen atoms in total. The summed E-state index contributed by atoms with van der Waals surface area (Å²) in [5.41, 5.74) is 0.780. The Kier molecular flexibility index (Phi) is 5.37. The second-order valence-corrected chi connectivity index (χ2v) is 5.07. The lowest BCUT2D eigenvalue weighted by Gasteiger charge is -2.06. The topological polar surface area (TPSA) is 81.5 Å². The lowest BCUT2D eigenvalue weighted by Crippen LogP contribution is -2.00. The zero-order chi connectivity index (χ0) is 15.9. The highest BCUT2D eigenvalue weighted by Crippen LogP contribution is 2.29. The molecule has 0 aliphatic rings. The van der Waals surface area contributed by atoms with Crippen LogP contribution < -0.4 is 9.47 Å². The number of carboxylic acid groups (broad SMARTS) is 1. The SMILES string of the molecule is COc1cc(OC)nc(S/C(=C/c2ccccc2)C(=O)O)n1. The number of aliphatic carboxylic acids is 1. The van der Waals surface area contributed by atoms with Crippen molar-refractivity contribution in [1.29, 1.82) is 0 Å². The number of hydrogen-bond donors (Lipinski definition) is 1. The highest BCUT2D eigenvalue weighted by atomic mass is 32.2. The highest BCUT2D eigenvalue weighted by Gasteiger charge is 2.14. The van der Waals surface area contributed by atoms with Gasteiger partial charge in [0, 0.05) is 0 Å². The number of carbonyl (C=O) groups is 1. The molecule has 0 saturated heterocycles. The quantitative estimate of drug-likeness (QED) is 0.498. The van der Waals surface area contributed by atoms with Crippen molar-refractivity contribution in [3.05, 3.63) is 46.9 Å². The molecule has 1 aromatic carbocycles. The molecule has 0 aliphatic heterocycles. The van der Waals surface area contributed by atoms with Crippen molar-refractivity contribution in [2.75, 3.05) is 14.2 Å². The zero-order valence-electron chi connectivity index (χ0n) is 12.0. The van der Waals surface area contributed by atoms with Crippen molar-refractivity contribution in [1.82, 2.24) is 9.97 Å². The van der Waals surface area contributed by atoms with E-state index in [1.54, 1.807) is 6.08 Å². The van der Waals surface area contributed by atoms with Crippen molar-refractivity contribution in [3.8, 4) is 11.8 Å². The van der Waals surface area contributed by atoms with Crippen LogP contribution in [0.4, 0.5) is 0 Å². The predicted molar refractivity (Wildman–Crippen MR) is 83.0 cm³/mol. The third-order valence-corrected chi connectivity index (χ3v) is 3.46. The minimum absolute atomic E-state index is 0.0986. The summed E-state index contributed by atoms with van der Waals surface area (Å²) in [4.78, 5) is 19.7. The average Bonchev–Trinajstić information content (AvgIpc) is 2.54. The lowest BCUT2D eigenvalue weighted by atomic mass is 10.2. The smallest absolute Gasteiger partial charge is 0.342 e. The number of carboxylic acids is 1. The van der Waals surface area contributed by atoms with E-state index in [9.17, 15) is 9.90 Å². The summed E-state index contributed by atoms with van der Waals surface area (Å²) in [6.45, 7) is 0. The maximum atomic E-state index is 11.4. The molecule has 0 radical (unpaired) electrons. The van der Waals surface area contributed by atoms with Crippen LogP contribution in [-0.4, -0.2) is 35.3 Å². The van der Waals surface area contributed by atoms with Crippen molar-refractivity contribution in [3.63, 3.8) is 0 Å². The van der Waals surface area contributed by atoms with Crippen molar-refractivity contribution >= 4 is 23.8 Å². The second-order valence-electron chi connectivity index (χ2n) is 4.06. The first-order valence-corrected chi connectivity index (χ1v) is 7.09. The largest absolute Gasteiger partial charge is 0.481 e. The molecule has 0 unspecified atom stereocenters. The summed E-state index contributed by atoms with van der Waals surface area (Å²) < 4.78 is 10.1. The molecule has 1 heterocycles. The van der Waals surface area contributed by atoms with E-state index in [1.165, 1.54) is 20.3 Å². The van der Waals surface area contributed by atoms with Gasteiger partial charge in [-0.3, -0.25) is 0 Å². The number of ether oxygens (including phenoxy) is 2. The molecule has 0 bridgehead atoms. The first kappa shape index (κ1) is 15.8. The van der Waals surface area contributed by atoms with Crippen molar-refractivity contribution in [2.24, 2.45) is 0 Å². The van der Waals surface area contributed by atoms with Crippen LogP contribution in [0.25, 0.3) is 6.08 Å². The van der Waals surface area contributed by atoms with Gasteiger partial charge in [-0.15, -0.1) is 0 Å². The molecule has 0 fully saturated rings. The van der Waals surface area contributed by atoms with Gasteiger partial charge in [-0.25, -0.2) is 4.79 Å². The lowest BCUT2D eigenvalue weighted by molar-refractivity contribution is -0.131. The van der Waals surface area contributed by atoms with Crippen LogP contribution >= 0.6 is 11.8 Å². The van der Waals surface area contributed by atoms with Gasteiger partial charge in [0.05, 0.1) is 20.3 Å². The number of hydrogen-bond acceptors (Lipinski definition) is 6. The van der Waals surface area contributed by atoms with Crippen LogP contribution in [0.5, 0.6) is 11.8 Å². The molecule has 2 aromatic rings. The fourth-order valence-corrected chi connectivity index (χ4v) is 2.32. The Morgan fingerprint density at radius 1 is 1.14 bits per heavy atom. The molecule has 7 heteroatoms. The van der Waals surface area contributed by atoms with Crippen LogP contribution in [0.2, 0.25) is 0 Å². The zero-order valence-corrected chi connectivity index (χ0v) is 12.8. The first-order valence-electron chi connectivity index (χ1n) is 6.27. The maximum Gasteiger partial charge on any atom is 0.342 e. The molecule has 0 atom stereocenters. The Balaban J connectivity index is 2.32. The minimum Gasteiger partial charge on any atom is -0.481 e. The van der Waals surface area contributed by atoms with E-state index in [4.69, 9.17) is 9.47 Å². The van der Waals surface area contributed by atoms with Crippen LogP contribution in [-0.2, 0) is 4.79 Å². The van der Waals surface area contributed by atoms with Gasteiger partial charge in [-0.2, -0.15) is 9.97 Å². The van der Waals surface area contributed by atoms with E-state index in [0.717, 1.165) is 17.3 Å². The molecule has 1 aromatic heterocycles. The van der Waals surface area contributed by atoms with Gasteiger partial charge >= 0.3 is 5.97 Å². The molecule has 114 valence electrons. The van der Waals surface area contributed by atoms with Gasteiger partial charge in [0.25, 0.3) is 0 Å². The predicted octanol–water partition coefficient (Wildman–Crippen LogP) is 2.71. The van der Waals surface area contributed by atoms with E-state index in [0.29, 0.717) is 11.8 Å². The number of nitrogens with zero attached hydrogens (tertiary/aromatic N) is 2. The van der Waals surface area contributed by atoms with E-state index in [-0.39, 0.29) is 10.1 Å². The number of benzene rings is 1. The van der Waals surface area contributed by atoms with Gasteiger partial charge in [0.2, 0.25) is 11.8 Å². The van der Waals surface area contributed by atoms with Gasteiger partial charge < -0.3 is 14.6 Å². The molecule has 0 amide bonds. The van der Waals surface area contributed by atoms with Crippen LogP contribution in [0, 0.1) is 0 Å². The summed E-state index contributed by atoms with van der Waals surface area (Å²) in [6, 6.07) is 10.7. The fraction of sp³-hybridized carbons (Fsp3) is 0.133. The van der Waals surface area contributed by atoms with Gasteiger partial charge in [0.15, 0.2) is 5.16 Å². The Labute approximate surface area is 131 Å². The molecular formula is C15H14N2O4S. The molecular weight excluding hydrogens is 304 g/mol. The van der Waals surface area contributed by atoms with E-state index in [1.807, 2.05) is 30.3 Å². The minimum atomic E-state index is -1.06. The van der Waals surface area contributed by atoms with E-state index < -0.39 is 5.97 Å². The Hall–Kier alpha value is -2.54. The Morgan fingerprint density at radius 3 is 2.23 bits per heavy atom. The molecule has 22 heavy (non-hydrogen) atoms. The Bertz CT molecular complexity index is 667. The van der Waals surface area contributed by atoms with Crippen LogP contribution in [0.3, 0.4) is 0 Å². The average molecular weight is 318 g/mol. The molecule has 0 saturated carbocycles. The summed E-state index contributed by atoms with van der Waals surface area (Å²) >= 11 is 0.930. The highest BCUT2D eigenvalue weighted by molar-refractivity contribution is 8.04. The van der Waals surface area contributed by atoms with E-state index in [2.05, 4.69) is 9.97 Å². The molecule has 1 N–H and O–H groups in total. The van der Waals surface area contributed by atoms with Crippen LogP contribution in [0.1, 0.15) is 5.56 Å². The third-order valence-electron chi connectivity index (χ3n) is 2.59. The number of aromatic nitrogens is 2.